The quantitative estimate of drug-likeness (QED) is 0.467. The molecule has 0 atom stereocenters. The number of carboxylic acid groups (broad SMARTS) is 1. The lowest BCUT2D eigenvalue weighted by atomic mass is 9.89. The maximum absolute atomic E-state index is 11.9. The molecule has 0 bridgehead atoms. The molecular weight excluding hydrogens is 330 g/mol. The van der Waals surface area contributed by atoms with Crippen LogP contribution in [0.2, 0.25) is 0 Å². The highest BCUT2D eigenvalue weighted by atomic mass is 16.5. The first-order valence-electron chi connectivity index (χ1n) is 8.20. The molecule has 0 aromatic rings. The van der Waals surface area contributed by atoms with E-state index in [9.17, 15) is 19.2 Å². The fourth-order valence-corrected chi connectivity index (χ4v) is 2.46. The van der Waals surface area contributed by atoms with Crippen molar-refractivity contribution in [3.05, 3.63) is 0 Å². The van der Waals surface area contributed by atoms with Gasteiger partial charge in [0.2, 0.25) is 11.8 Å². The maximum Gasteiger partial charge on any atom is 0.308 e. The second-order valence-electron chi connectivity index (χ2n) is 7.93. The van der Waals surface area contributed by atoms with Crippen molar-refractivity contribution in [2.45, 2.75) is 53.4 Å². The predicted octanol–water partition coefficient (Wildman–Crippen LogP) is 1.57. The summed E-state index contributed by atoms with van der Waals surface area (Å²) in [6.07, 6.45) is 0.361. The molecule has 0 aromatic heterocycles. The summed E-state index contributed by atoms with van der Waals surface area (Å²) in [4.78, 5) is 46.5. The zero-order chi connectivity index (χ0) is 19.3. The Labute approximate surface area is 147 Å². The summed E-state index contributed by atoms with van der Waals surface area (Å²) in [5.74, 6) is -2.07. The minimum atomic E-state index is -0.887. The molecule has 1 aliphatic heterocycles. The Hall–Kier alpha value is -1.96. The summed E-state index contributed by atoms with van der Waals surface area (Å²) in [7, 11) is 0. The number of carbonyl (C=O) groups excluding carboxylic acids is 3. The Balaban J connectivity index is 2.36. The molecule has 25 heavy (non-hydrogen) atoms. The summed E-state index contributed by atoms with van der Waals surface area (Å²) in [6, 6.07) is 0. The van der Waals surface area contributed by atoms with E-state index in [2.05, 4.69) is 0 Å². The van der Waals surface area contributed by atoms with Crippen LogP contribution in [0.3, 0.4) is 0 Å². The van der Waals surface area contributed by atoms with Gasteiger partial charge in [0.05, 0.1) is 26.1 Å². The number of carbonyl (C=O) groups is 4. The van der Waals surface area contributed by atoms with Crippen molar-refractivity contribution in [2.24, 2.45) is 10.8 Å². The SMILES string of the molecule is CC(C)(COCC(C)(C)CC(=O)OCN1C(=O)CCC1=O)CC(=O)O. The van der Waals surface area contributed by atoms with E-state index in [0.29, 0.717) is 0 Å². The Bertz CT molecular complexity index is 523. The van der Waals surface area contributed by atoms with Gasteiger partial charge in [0, 0.05) is 12.8 Å². The van der Waals surface area contributed by atoms with Gasteiger partial charge in [0.15, 0.2) is 6.73 Å². The van der Waals surface area contributed by atoms with Gasteiger partial charge in [-0.3, -0.25) is 19.2 Å². The number of amides is 2. The molecule has 1 N–H and O–H groups in total. The third-order valence-electron chi connectivity index (χ3n) is 3.75. The van der Waals surface area contributed by atoms with E-state index in [-0.39, 0.29) is 57.4 Å². The van der Waals surface area contributed by atoms with Gasteiger partial charge >= 0.3 is 11.9 Å². The number of likely N-dealkylation sites (tertiary alicyclic amines) is 1. The highest BCUT2D eigenvalue weighted by Crippen LogP contribution is 2.25. The van der Waals surface area contributed by atoms with E-state index >= 15 is 0 Å². The van der Waals surface area contributed by atoms with Crippen molar-refractivity contribution >= 4 is 23.8 Å². The van der Waals surface area contributed by atoms with Gasteiger partial charge in [0.25, 0.3) is 0 Å². The molecule has 8 nitrogen and oxygen atoms in total. The molecule has 8 heteroatoms. The van der Waals surface area contributed by atoms with Crippen LogP contribution in [-0.4, -0.2) is 53.7 Å². The van der Waals surface area contributed by atoms with Crippen LogP contribution in [0.4, 0.5) is 0 Å². The van der Waals surface area contributed by atoms with Crippen molar-refractivity contribution in [3.8, 4) is 0 Å². The van der Waals surface area contributed by atoms with Crippen LogP contribution in [0, 0.1) is 10.8 Å². The summed E-state index contributed by atoms with van der Waals surface area (Å²) in [5.41, 5.74) is -1.02. The molecular formula is C17H27NO7. The third kappa shape index (κ3) is 7.64. The number of aliphatic carboxylic acids is 1. The number of hydrogen-bond donors (Lipinski definition) is 1. The summed E-state index contributed by atoms with van der Waals surface area (Å²) in [6.45, 7) is 7.41. The van der Waals surface area contributed by atoms with Gasteiger partial charge in [0.1, 0.15) is 0 Å². The topological polar surface area (TPSA) is 110 Å². The number of nitrogens with zero attached hydrogens (tertiary/aromatic N) is 1. The molecule has 1 aliphatic rings. The van der Waals surface area contributed by atoms with Crippen molar-refractivity contribution in [3.63, 3.8) is 0 Å². The molecule has 0 saturated carbocycles. The monoisotopic (exact) mass is 357 g/mol. The molecule has 1 saturated heterocycles. The van der Waals surface area contributed by atoms with Gasteiger partial charge in [-0.1, -0.05) is 27.7 Å². The van der Waals surface area contributed by atoms with Crippen LogP contribution in [0.25, 0.3) is 0 Å². The highest BCUT2D eigenvalue weighted by Gasteiger charge is 2.31. The number of hydrogen-bond acceptors (Lipinski definition) is 6. The first kappa shape index (κ1) is 21.1. The number of imide groups is 1. The number of carboxylic acids is 1. The zero-order valence-electron chi connectivity index (χ0n) is 15.3. The van der Waals surface area contributed by atoms with Crippen LogP contribution in [-0.2, 0) is 28.7 Å². The second kappa shape index (κ2) is 8.42. The number of rotatable bonds is 10. The Morgan fingerprint density at radius 1 is 1.00 bits per heavy atom. The second-order valence-corrected chi connectivity index (χ2v) is 7.93. The van der Waals surface area contributed by atoms with Crippen LogP contribution in [0.1, 0.15) is 53.4 Å². The minimum absolute atomic E-state index is 0.00659. The van der Waals surface area contributed by atoms with Gasteiger partial charge in [-0.15, -0.1) is 0 Å². The molecule has 2 amide bonds. The van der Waals surface area contributed by atoms with Crippen LogP contribution in [0.5, 0.6) is 0 Å². The lowest BCUT2D eigenvalue weighted by Gasteiger charge is -2.27. The Kier molecular flexibility index (Phi) is 7.10. The minimum Gasteiger partial charge on any atom is -0.481 e. The summed E-state index contributed by atoms with van der Waals surface area (Å²) < 4.78 is 10.6. The summed E-state index contributed by atoms with van der Waals surface area (Å²) >= 11 is 0. The van der Waals surface area contributed by atoms with Crippen molar-refractivity contribution in [1.29, 1.82) is 0 Å². The number of esters is 1. The van der Waals surface area contributed by atoms with E-state index < -0.39 is 22.8 Å². The number of ether oxygens (including phenoxy) is 2. The van der Waals surface area contributed by atoms with Crippen molar-refractivity contribution < 1.29 is 33.8 Å². The van der Waals surface area contributed by atoms with Crippen LogP contribution in [0.15, 0.2) is 0 Å². The molecule has 0 aliphatic carbocycles. The Morgan fingerprint density at radius 3 is 1.96 bits per heavy atom. The van der Waals surface area contributed by atoms with E-state index in [1.165, 1.54) is 0 Å². The van der Waals surface area contributed by atoms with Gasteiger partial charge in [-0.25, -0.2) is 4.90 Å². The highest BCUT2D eigenvalue weighted by molar-refractivity contribution is 6.01. The standard InChI is InChI=1S/C17H27NO7/c1-16(2,7-14(21)22)9-24-10-17(3,4)8-15(23)25-11-18-12(19)5-6-13(18)20/h5-11H2,1-4H3,(H,21,22). The molecule has 1 heterocycles. The van der Waals surface area contributed by atoms with Crippen LogP contribution < -0.4 is 0 Å². The molecule has 1 rings (SSSR count). The van der Waals surface area contributed by atoms with Gasteiger partial charge in [-0.2, -0.15) is 0 Å². The smallest absolute Gasteiger partial charge is 0.308 e. The third-order valence-corrected chi connectivity index (χ3v) is 3.75. The van der Waals surface area contributed by atoms with E-state index in [0.717, 1.165) is 4.90 Å². The van der Waals surface area contributed by atoms with Crippen molar-refractivity contribution in [1.82, 2.24) is 4.90 Å². The lowest BCUT2D eigenvalue weighted by Crippen LogP contribution is -2.34. The molecule has 0 aromatic carbocycles. The fourth-order valence-electron chi connectivity index (χ4n) is 2.46. The van der Waals surface area contributed by atoms with E-state index in [4.69, 9.17) is 14.6 Å². The first-order chi connectivity index (χ1) is 11.4. The maximum atomic E-state index is 11.9. The molecule has 0 unspecified atom stereocenters. The average molecular weight is 357 g/mol. The van der Waals surface area contributed by atoms with Gasteiger partial charge < -0.3 is 14.6 Å². The molecule has 1 fully saturated rings. The van der Waals surface area contributed by atoms with Gasteiger partial charge in [-0.05, 0) is 10.8 Å². The lowest BCUT2D eigenvalue weighted by molar-refractivity contribution is -0.157. The zero-order valence-corrected chi connectivity index (χ0v) is 15.3. The molecule has 0 radical (unpaired) electrons. The normalized spacial score (nSPS) is 15.6. The van der Waals surface area contributed by atoms with E-state index in [1.807, 2.05) is 13.8 Å². The first-order valence-corrected chi connectivity index (χ1v) is 8.20. The molecule has 142 valence electrons. The van der Waals surface area contributed by atoms with E-state index in [1.54, 1.807) is 13.8 Å². The van der Waals surface area contributed by atoms with Crippen LogP contribution >= 0.6 is 0 Å². The largest absolute Gasteiger partial charge is 0.481 e. The Morgan fingerprint density at radius 2 is 1.48 bits per heavy atom. The fraction of sp³-hybridized carbons (Fsp3) is 0.765. The predicted molar refractivity (Wildman–Crippen MR) is 87.3 cm³/mol. The van der Waals surface area contributed by atoms with Crippen molar-refractivity contribution in [2.75, 3.05) is 19.9 Å². The summed E-state index contributed by atoms with van der Waals surface area (Å²) in [5, 5.41) is 8.84. The molecule has 0 spiro atoms. The average Bonchev–Trinajstić information content (AvgIpc) is 2.73.